The maximum atomic E-state index is 11.1. The largest absolute Gasteiger partial charge is 0.481 e. The Balaban J connectivity index is 1.50. The second kappa shape index (κ2) is 5.24. The SMILES string of the molecule is O=C(O)C1CCCC1CNCc1nnnn1C1CC1. The molecule has 2 saturated carbocycles. The van der Waals surface area contributed by atoms with Crippen LogP contribution in [0.5, 0.6) is 0 Å². The Morgan fingerprint density at radius 2 is 2.21 bits per heavy atom. The highest BCUT2D eigenvalue weighted by molar-refractivity contribution is 5.70. The van der Waals surface area contributed by atoms with Crippen LogP contribution in [0.25, 0.3) is 0 Å². The van der Waals surface area contributed by atoms with Crippen molar-refractivity contribution in [1.29, 1.82) is 0 Å². The summed E-state index contributed by atoms with van der Waals surface area (Å²) >= 11 is 0. The number of aliphatic carboxylic acids is 1. The van der Waals surface area contributed by atoms with Gasteiger partial charge in [0.25, 0.3) is 0 Å². The maximum Gasteiger partial charge on any atom is 0.306 e. The minimum absolute atomic E-state index is 0.188. The standard InChI is InChI=1S/C12H19N5O2/c18-12(19)10-3-1-2-8(10)6-13-7-11-14-15-16-17(11)9-4-5-9/h8-10,13H,1-7H2,(H,18,19). The van der Waals surface area contributed by atoms with Crippen LogP contribution in [0.4, 0.5) is 0 Å². The summed E-state index contributed by atoms with van der Waals surface area (Å²) in [7, 11) is 0. The lowest BCUT2D eigenvalue weighted by atomic mass is 9.96. The zero-order chi connectivity index (χ0) is 13.2. The van der Waals surface area contributed by atoms with Crippen LogP contribution in [0.2, 0.25) is 0 Å². The van der Waals surface area contributed by atoms with Crippen LogP contribution in [0, 0.1) is 11.8 Å². The van der Waals surface area contributed by atoms with Gasteiger partial charge in [0, 0.05) is 0 Å². The summed E-state index contributed by atoms with van der Waals surface area (Å²) in [5.41, 5.74) is 0. The molecule has 0 saturated heterocycles. The molecule has 1 heterocycles. The summed E-state index contributed by atoms with van der Waals surface area (Å²) < 4.78 is 1.89. The molecular formula is C12H19N5O2. The van der Waals surface area contributed by atoms with Crippen LogP contribution in [0.15, 0.2) is 0 Å². The van der Waals surface area contributed by atoms with Gasteiger partial charge in [-0.1, -0.05) is 6.42 Å². The van der Waals surface area contributed by atoms with E-state index in [2.05, 4.69) is 20.8 Å². The topological polar surface area (TPSA) is 92.9 Å². The van der Waals surface area contributed by atoms with Crippen LogP contribution in [0.3, 0.4) is 0 Å². The number of nitrogens with zero attached hydrogens (tertiary/aromatic N) is 4. The smallest absolute Gasteiger partial charge is 0.306 e. The Kier molecular flexibility index (Phi) is 3.46. The molecule has 0 bridgehead atoms. The average molecular weight is 265 g/mol. The zero-order valence-corrected chi connectivity index (χ0v) is 10.8. The number of hydrogen-bond donors (Lipinski definition) is 2. The summed E-state index contributed by atoms with van der Waals surface area (Å²) in [6.07, 6.45) is 5.13. The first-order valence-corrected chi connectivity index (χ1v) is 6.96. The van der Waals surface area contributed by atoms with Crippen molar-refractivity contribution in [2.24, 2.45) is 11.8 Å². The first-order chi connectivity index (χ1) is 9.25. The highest BCUT2D eigenvalue weighted by Crippen LogP contribution is 2.34. The van der Waals surface area contributed by atoms with Crippen molar-refractivity contribution in [3.63, 3.8) is 0 Å². The molecule has 2 unspecified atom stereocenters. The maximum absolute atomic E-state index is 11.1. The number of carboxylic acid groups (broad SMARTS) is 1. The Morgan fingerprint density at radius 3 is 2.95 bits per heavy atom. The number of tetrazole rings is 1. The molecule has 0 radical (unpaired) electrons. The Hall–Kier alpha value is -1.50. The lowest BCUT2D eigenvalue weighted by Crippen LogP contribution is -2.29. The summed E-state index contributed by atoms with van der Waals surface area (Å²) in [4.78, 5) is 11.1. The molecule has 19 heavy (non-hydrogen) atoms. The van der Waals surface area contributed by atoms with E-state index in [9.17, 15) is 4.79 Å². The molecule has 2 aliphatic rings. The van der Waals surface area contributed by atoms with Gasteiger partial charge >= 0.3 is 5.97 Å². The summed E-state index contributed by atoms with van der Waals surface area (Å²) in [5.74, 6) is 0.245. The molecule has 7 heteroatoms. The molecule has 1 aromatic rings. The molecule has 0 aromatic carbocycles. The molecule has 2 fully saturated rings. The summed E-state index contributed by atoms with van der Waals surface area (Å²) in [6, 6.07) is 0.477. The van der Waals surface area contributed by atoms with Gasteiger partial charge in [-0.3, -0.25) is 4.79 Å². The van der Waals surface area contributed by atoms with Gasteiger partial charge in [0.1, 0.15) is 0 Å². The van der Waals surface area contributed by atoms with E-state index in [0.717, 1.165) is 44.5 Å². The fourth-order valence-electron chi connectivity index (χ4n) is 2.91. The number of carbonyl (C=O) groups is 1. The van der Waals surface area contributed by atoms with Crippen LogP contribution < -0.4 is 5.32 Å². The Morgan fingerprint density at radius 1 is 1.37 bits per heavy atom. The highest BCUT2D eigenvalue weighted by Gasteiger charge is 2.32. The van der Waals surface area contributed by atoms with Crippen molar-refractivity contribution in [3.05, 3.63) is 5.82 Å². The molecule has 0 spiro atoms. The first kappa shape index (κ1) is 12.5. The van der Waals surface area contributed by atoms with Gasteiger partial charge in [-0.05, 0) is 48.6 Å². The van der Waals surface area contributed by atoms with E-state index in [0.29, 0.717) is 12.6 Å². The fourth-order valence-corrected chi connectivity index (χ4v) is 2.91. The fraction of sp³-hybridized carbons (Fsp3) is 0.833. The van der Waals surface area contributed by atoms with Crippen molar-refractivity contribution in [2.45, 2.75) is 44.7 Å². The summed E-state index contributed by atoms with van der Waals surface area (Å²) in [6.45, 7) is 1.35. The van der Waals surface area contributed by atoms with Crippen molar-refractivity contribution in [2.75, 3.05) is 6.54 Å². The third-order valence-electron chi connectivity index (χ3n) is 4.12. The predicted octanol–water partition coefficient (Wildman–Crippen LogP) is 0.598. The van der Waals surface area contributed by atoms with Gasteiger partial charge in [0.2, 0.25) is 0 Å². The van der Waals surface area contributed by atoms with E-state index < -0.39 is 5.97 Å². The third-order valence-corrected chi connectivity index (χ3v) is 4.12. The highest BCUT2D eigenvalue weighted by atomic mass is 16.4. The first-order valence-electron chi connectivity index (χ1n) is 6.96. The molecule has 0 aliphatic heterocycles. The van der Waals surface area contributed by atoms with Gasteiger partial charge in [0.05, 0.1) is 18.5 Å². The van der Waals surface area contributed by atoms with Gasteiger partial charge in [-0.2, -0.15) is 0 Å². The van der Waals surface area contributed by atoms with E-state index >= 15 is 0 Å². The Labute approximate surface area is 111 Å². The lowest BCUT2D eigenvalue weighted by molar-refractivity contribution is -0.142. The molecule has 2 atom stereocenters. The molecule has 2 N–H and O–H groups in total. The van der Waals surface area contributed by atoms with Gasteiger partial charge < -0.3 is 10.4 Å². The minimum Gasteiger partial charge on any atom is -0.481 e. The van der Waals surface area contributed by atoms with Crippen molar-refractivity contribution < 1.29 is 9.90 Å². The van der Waals surface area contributed by atoms with E-state index in [4.69, 9.17) is 5.11 Å². The number of hydrogen-bond acceptors (Lipinski definition) is 5. The second-order valence-electron chi connectivity index (χ2n) is 5.54. The quantitative estimate of drug-likeness (QED) is 0.782. The van der Waals surface area contributed by atoms with Crippen molar-refractivity contribution >= 4 is 5.97 Å². The lowest BCUT2D eigenvalue weighted by Gasteiger charge is -2.16. The van der Waals surface area contributed by atoms with Crippen molar-refractivity contribution in [1.82, 2.24) is 25.5 Å². The van der Waals surface area contributed by atoms with Gasteiger partial charge in [-0.25, -0.2) is 4.68 Å². The Bertz CT molecular complexity index is 457. The monoisotopic (exact) mass is 265 g/mol. The van der Waals surface area contributed by atoms with Crippen LogP contribution >= 0.6 is 0 Å². The van der Waals surface area contributed by atoms with Crippen LogP contribution in [0.1, 0.15) is 44.0 Å². The van der Waals surface area contributed by atoms with Gasteiger partial charge in [0.15, 0.2) is 5.82 Å². The molecule has 1 aromatic heterocycles. The molecule has 3 rings (SSSR count). The van der Waals surface area contributed by atoms with E-state index in [1.54, 1.807) is 0 Å². The van der Waals surface area contributed by atoms with E-state index in [-0.39, 0.29) is 11.8 Å². The molecular weight excluding hydrogens is 246 g/mol. The van der Waals surface area contributed by atoms with Crippen LogP contribution in [-0.4, -0.2) is 37.8 Å². The number of rotatable bonds is 6. The van der Waals surface area contributed by atoms with E-state index in [1.807, 2.05) is 4.68 Å². The number of nitrogens with one attached hydrogen (secondary N) is 1. The average Bonchev–Trinajstić information content (AvgIpc) is 2.94. The normalized spacial score (nSPS) is 26.7. The molecule has 0 amide bonds. The van der Waals surface area contributed by atoms with Crippen molar-refractivity contribution in [3.8, 4) is 0 Å². The van der Waals surface area contributed by atoms with Gasteiger partial charge in [-0.15, -0.1) is 5.10 Å². The summed E-state index contributed by atoms with van der Waals surface area (Å²) in [5, 5.41) is 24.2. The third kappa shape index (κ3) is 2.75. The second-order valence-corrected chi connectivity index (χ2v) is 5.54. The number of carboxylic acids is 1. The molecule has 7 nitrogen and oxygen atoms in total. The predicted molar refractivity (Wildman–Crippen MR) is 66.3 cm³/mol. The van der Waals surface area contributed by atoms with E-state index in [1.165, 1.54) is 0 Å². The zero-order valence-electron chi connectivity index (χ0n) is 10.8. The molecule has 2 aliphatic carbocycles. The molecule has 104 valence electrons. The number of aromatic nitrogens is 4. The van der Waals surface area contributed by atoms with Crippen LogP contribution in [-0.2, 0) is 11.3 Å². The minimum atomic E-state index is -0.660.